The van der Waals surface area contributed by atoms with Gasteiger partial charge in [0.25, 0.3) is 0 Å². The summed E-state index contributed by atoms with van der Waals surface area (Å²) in [6.07, 6.45) is 0.152. The Bertz CT molecular complexity index is 462. The Morgan fingerprint density at radius 3 is 2.29 bits per heavy atom. The Labute approximate surface area is 98.3 Å². The van der Waals surface area contributed by atoms with E-state index in [9.17, 15) is 19.8 Å². The summed E-state index contributed by atoms with van der Waals surface area (Å²) in [6.45, 7) is 3.17. The first-order valence-corrected chi connectivity index (χ1v) is 5.02. The molecule has 0 saturated heterocycles. The maximum Gasteiger partial charge on any atom is 0.304 e. The number of hydrogen-bond acceptors (Lipinski definition) is 4. The van der Waals surface area contributed by atoms with Crippen LogP contribution in [0.3, 0.4) is 0 Å². The zero-order chi connectivity index (χ0) is 13.2. The van der Waals surface area contributed by atoms with Gasteiger partial charge in [0, 0.05) is 11.0 Å². The number of phenolic OH excluding ortho intramolecular Hbond substituents is 2. The van der Waals surface area contributed by atoms with Crippen LogP contribution in [0.1, 0.15) is 36.2 Å². The van der Waals surface area contributed by atoms with Gasteiger partial charge in [-0.05, 0) is 12.1 Å². The SMILES string of the molecule is CC(C)(CC(=O)O)c1c(O)ccc(O)c1C=O. The van der Waals surface area contributed by atoms with Crippen molar-refractivity contribution in [2.75, 3.05) is 0 Å². The van der Waals surface area contributed by atoms with E-state index < -0.39 is 11.4 Å². The molecule has 0 aromatic heterocycles. The highest BCUT2D eigenvalue weighted by Crippen LogP contribution is 2.39. The number of aromatic hydroxyl groups is 2. The molecule has 0 spiro atoms. The van der Waals surface area contributed by atoms with Crippen LogP contribution in [0.4, 0.5) is 0 Å². The molecule has 1 aromatic rings. The highest BCUT2D eigenvalue weighted by atomic mass is 16.4. The number of carboxylic acids is 1. The zero-order valence-electron chi connectivity index (χ0n) is 9.60. The van der Waals surface area contributed by atoms with Crippen LogP contribution in [0.15, 0.2) is 12.1 Å². The van der Waals surface area contributed by atoms with Crippen molar-refractivity contribution in [2.24, 2.45) is 0 Å². The summed E-state index contributed by atoms with van der Waals surface area (Å²) >= 11 is 0. The predicted molar refractivity (Wildman–Crippen MR) is 60.4 cm³/mol. The fourth-order valence-electron chi connectivity index (χ4n) is 1.89. The highest BCUT2D eigenvalue weighted by Gasteiger charge is 2.30. The molecule has 5 heteroatoms. The van der Waals surface area contributed by atoms with Crippen molar-refractivity contribution in [2.45, 2.75) is 25.7 Å². The molecular weight excluding hydrogens is 224 g/mol. The van der Waals surface area contributed by atoms with E-state index in [0.29, 0.717) is 6.29 Å². The molecule has 0 amide bonds. The monoisotopic (exact) mass is 238 g/mol. The lowest BCUT2D eigenvalue weighted by atomic mass is 9.78. The number of rotatable bonds is 4. The van der Waals surface area contributed by atoms with Gasteiger partial charge in [-0.25, -0.2) is 0 Å². The lowest BCUT2D eigenvalue weighted by Crippen LogP contribution is -2.23. The summed E-state index contributed by atoms with van der Waals surface area (Å²) in [5, 5.41) is 28.1. The van der Waals surface area contributed by atoms with Crippen molar-refractivity contribution < 1.29 is 24.9 Å². The van der Waals surface area contributed by atoms with Crippen molar-refractivity contribution in [3.8, 4) is 11.5 Å². The summed E-state index contributed by atoms with van der Waals surface area (Å²) in [4.78, 5) is 21.7. The number of benzene rings is 1. The third-order valence-electron chi connectivity index (χ3n) is 2.59. The zero-order valence-corrected chi connectivity index (χ0v) is 9.60. The van der Waals surface area contributed by atoms with E-state index in [2.05, 4.69) is 0 Å². The lowest BCUT2D eigenvalue weighted by Gasteiger charge is -2.25. The number of hydrogen-bond donors (Lipinski definition) is 3. The molecule has 0 unspecified atom stereocenters. The van der Waals surface area contributed by atoms with Crippen LogP contribution in [0.5, 0.6) is 11.5 Å². The second-order valence-electron chi connectivity index (χ2n) is 4.46. The fourth-order valence-corrected chi connectivity index (χ4v) is 1.89. The van der Waals surface area contributed by atoms with Gasteiger partial charge in [0.2, 0.25) is 0 Å². The normalized spacial score (nSPS) is 11.2. The molecule has 3 N–H and O–H groups in total. The second-order valence-corrected chi connectivity index (χ2v) is 4.46. The number of phenols is 2. The molecule has 0 aliphatic carbocycles. The Kier molecular flexibility index (Phi) is 3.41. The molecular formula is C12H14O5. The standard InChI is InChI=1S/C12H14O5/c1-12(2,5-10(16)17)11-7(6-13)8(14)3-4-9(11)15/h3-4,6,14-15H,5H2,1-2H3,(H,16,17). The van der Waals surface area contributed by atoms with Gasteiger partial charge in [0.15, 0.2) is 6.29 Å². The molecule has 92 valence electrons. The van der Waals surface area contributed by atoms with E-state index >= 15 is 0 Å². The minimum absolute atomic E-state index is 0.0729. The van der Waals surface area contributed by atoms with E-state index in [1.165, 1.54) is 12.1 Å². The molecule has 17 heavy (non-hydrogen) atoms. The minimum atomic E-state index is -1.05. The lowest BCUT2D eigenvalue weighted by molar-refractivity contribution is -0.138. The van der Waals surface area contributed by atoms with Gasteiger partial charge in [-0.3, -0.25) is 9.59 Å². The molecule has 0 saturated carbocycles. The maximum atomic E-state index is 10.9. The van der Waals surface area contributed by atoms with Crippen LogP contribution in [0, 0.1) is 0 Å². The Balaban J connectivity index is 3.43. The molecule has 0 atom stereocenters. The van der Waals surface area contributed by atoms with Gasteiger partial charge in [0.1, 0.15) is 11.5 Å². The van der Waals surface area contributed by atoms with Gasteiger partial charge in [-0.15, -0.1) is 0 Å². The first-order chi connectivity index (χ1) is 7.79. The molecule has 1 aromatic carbocycles. The average Bonchev–Trinajstić information content (AvgIpc) is 2.18. The number of carboxylic acid groups (broad SMARTS) is 1. The predicted octanol–water partition coefficient (Wildman–Crippen LogP) is 1.66. The van der Waals surface area contributed by atoms with Crippen molar-refractivity contribution in [3.63, 3.8) is 0 Å². The van der Waals surface area contributed by atoms with E-state index in [1.54, 1.807) is 13.8 Å². The smallest absolute Gasteiger partial charge is 0.304 e. The molecule has 0 aliphatic rings. The molecule has 0 heterocycles. The van der Waals surface area contributed by atoms with Crippen molar-refractivity contribution in [1.82, 2.24) is 0 Å². The van der Waals surface area contributed by atoms with Crippen LogP contribution >= 0.6 is 0 Å². The topological polar surface area (TPSA) is 94.8 Å². The maximum absolute atomic E-state index is 10.9. The number of aliphatic carboxylic acids is 1. The third kappa shape index (κ3) is 2.55. The highest BCUT2D eigenvalue weighted by molar-refractivity contribution is 5.84. The van der Waals surface area contributed by atoms with Gasteiger partial charge >= 0.3 is 5.97 Å². The summed E-state index contributed by atoms with van der Waals surface area (Å²) < 4.78 is 0. The van der Waals surface area contributed by atoms with Crippen LogP contribution in [0.2, 0.25) is 0 Å². The van der Waals surface area contributed by atoms with Crippen LogP contribution in [-0.4, -0.2) is 27.6 Å². The van der Waals surface area contributed by atoms with Gasteiger partial charge < -0.3 is 15.3 Å². The Morgan fingerprint density at radius 2 is 1.82 bits per heavy atom. The third-order valence-corrected chi connectivity index (χ3v) is 2.59. The summed E-state index contributed by atoms with van der Waals surface area (Å²) in [7, 11) is 0. The molecule has 1 rings (SSSR count). The van der Waals surface area contributed by atoms with Crippen molar-refractivity contribution in [1.29, 1.82) is 0 Å². The van der Waals surface area contributed by atoms with E-state index in [-0.39, 0.29) is 29.0 Å². The van der Waals surface area contributed by atoms with Crippen LogP contribution < -0.4 is 0 Å². The summed E-state index contributed by atoms with van der Waals surface area (Å²) in [5.74, 6) is -1.52. The van der Waals surface area contributed by atoms with E-state index in [0.717, 1.165) is 0 Å². The van der Waals surface area contributed by atoms with Crippen molar-refractivity contribution >= 4 is 12.3 Å². The quantitative estimate of drug-likeness (QED) is 0.547. The minimum Gasteiger partial charge on any atom is -0.508 e. The van der Waals surface area contributed by atoms with Gasteiger partial charge in [-0.2, -0.15) is 0 Å². The van der Waals surface area contributed by atoms with Crippen LogP contribution in [0.25, 0.3) is 0 Å². The molecule has 0 aliphatic heterocycles. The number of carbonyl (C=O) groups is 2. The number of carbonyl (C=O) groups excluding carboxylic acids is 1. The number of aldehydes is 1. The molecule has 0 bridgehead atoms. The van der Waals surface area contributed by atoms with E-state index in [1.807, 2.05) is 0 Å². The second kappa shape index (κ2) is 4.45. The van der Waals surface area contributed by atoms with Gasteiger partial charge in [0.05, 0.1) is 12.0 Å². The average molecular weight is 238 g/mol. The fraction of sp³-hybridized carbons (Fsp3) is 0.333. The Morgan fingerprint density at radius 1 is 1.29 bits per heavy atom. The summed E-state index contributed by atoms with van der Waals surface area (Å²) in [5.41, 5.74) is -0.878. The van der Waals surface area contributed by atoms with Crippen molar-refractivity contribution in [3.05, 3.63) is 23.3 Å². The first-order valence-electron chi connectivity index (χ1n) is 5.02. The van der Waals surface area contributed by atoms with Gasteiger partial charge in [-0.1, -0.05) is 13.8 Å². The summed E-state index contributed by atoms with van der Waals surface area (Å²) in [6, 6.07) is 2.43. The largest absolute Gasteiger partial charge is 0.508 e. The van der Waals surface area contributed by atoms with E-state index in [4.69, 9.17) is 5.11 Å². The molecule has 5 nitrogen and oxygen atoms in total. The molecule has 0 radical (unpaired) electrons. The first kappa shape index (κ1) is 13.0. The Hall–Kier alpha value is -2.04. The molecule has 0 fully saturated rings. The van der Waals surface area contributed by atoms with Crippen LogP contribution in [-0.2, 0) is 10.2 Å².